The molecule has 0 aliphatic carbocycles. The number of ether oxygens (including phenoxy) is 1. The number of carbonyl (C=O) groups is 2. The van der Waals surface area contributed by atoms with E-state index in [9.17, 15) is 24.8 Å². The number of fused-ring (bicyclic) bond motifs is 1. The van der Waals surface area contributed by atoms with Crippen LogP contribution in [-0.2, 0) is 9.59 Å². The minimum atomic E-state index is -1.18. The Hall–Kier alpha value is -3.75. The molecule has 1 aromatic carbocycles. The number of aromatic nitrogens is 1. The number of nitro groups is 1. The maximum atomic E-state index is 12.9. The number of aliphatic carboxylic acids is 1. The molecule has 0 fully saturated rings. The number of carbonyl (C=O) groups excluding carboxylic acids is 1. The molecule has 0 saturated heterocycles. The van der Waals surface area contributed by atoms with Crippen molar-refractivity contribution in [2.24, 2.45) is 0 Å². The minimum absolute atomic E-state index is 0.0452. The van der Waals surface area contributed by atoms with Crippen LogP contribution in [0.1, 0.15) is 18.9 Å². The Balaban J connectivity index is 2.15. The average molecular weight is 369 g/mol. The van der Waals surface area contributed by atoms with Crippen molar-refractivity contribution in [2.75, 3.05) is 4.90 Å². The Labute approximate surface area is 153 Å². The highest BCUT2D eigenvalue weighted by atomic mass is 16.6. The van der Waals surface area contributed by atoms with Crippen LogP contribution < -0.4 is 9.64 Å². The van der Waals surface area contributed by atoms with Gasteiger partial charge in [-0.3, -0.25) is 24.8 Å². The van der Waals surface area contributed by atoms with Crippen LogP contribution in [0.4, 0.5) is 11.4 Å². The fourth-order valence-corrected chi connectivity index (χ4v) is 2.77. The first kappa shape index (κ1) is 18.1. The monoisotopic (exact) mass is 369 g/mol. The summed E-state index contributed by atoms with van der Waals surface area (Å²) in [4.78, 5) is 40.0. The maximum Gasteiger partial charge on any atom is 0.326 e. The van der Waals surface area contributed by atoms with E-state index in [-0.39, 0.29) is 29.3 Å². The van der Waals surface area contributed by atoms with E-state index in [2.05, 4.69) is 4.98 Å². The highest BCUT2D eigenvalue weighted by Gasteiger charge is 2.38. The molecule has 1 amide bonds. The summed E-state index contributed by atoms with van der Waals surface area (Å²) in [6.07, 6.45) is 4.65. The fourth-order valence-electron chi connectivity index (χ4n) is 2.77. The van der Waals surface area contributed by atoms with Gasteiger partial charge in [-0.1, -0.05) is 6.92 Å². The lowest BCUT2D eigenvalue weighted by molar-refractivity contribution is -0.384. The molecular formula is C18H15N3O6. The smallest absolute Gasteiger partial charge is 0.326 e. The second-order valence-corrected chi connectivity index (χ2v) is 5.74. The fraction of sp³-hybridized carbons (Fsp3) is 0.167. The molecule has 1 aromatic heterocycles. The van der Waals surface area contributed by atoms with Crippen molar-refractivity contribution in [1.29, 1.82) is 0 Å². The largest absolute Gasteiger partial charge is 0.480 e. The van der Waals surface area contributed by atoms with E-state index < -0.39 is 22.8 Å². The predicted molar refractivity (Wildman–Crippen MR) is 95.1 cm³/mol. The zero-order valence-electron chi connectivity index (χ0n) is 14.2. The van der Waals surface area contributed by atoms with Gasteiger partial charge in [0.1, 0.15) is 6.04 Å². The number of non-ortho nitro benzene ring substituents is 1. The van der Waals surface area contributed by atoms with Crippen LogP contribution in [0.15, 0.2) is 48.5 Å². The molecular weight excluding hydrogens is 354 g/mol. The molecule has 1 N–H and O–H groups in total. The Morgan fingerprint density at radius 1 is 1.37 bits per heavy atom. The summed E-state index contributed by atoms with van der Waals surface area (Å²) in [6, 6.07) is 5.84. The van der Waals surface area contributed by atoms with Gasteiger partial charge in [0.25, 0.3) is 11.6 Å². The number of benzene rings is 1. The number of anilines is 1. The summed E-state index contributed by atoms with van der Waals surface area (Å²) in [6.45, 7) is 1.64. The van der Waals surface area contributed by atoms with E-state index in [1.54, 1.807) is 19.1 Å². The number of hydrogen-bond donors (Lipinski definition) is 1. The van der Waals surface area contributed by atoms with Crippen molar-refractivity contribution < 1.29 is 24.4 Å². The molecule has 1 aliphatic rings. The number of pyridine rings is 1. The van der Waals surface area contributed by atoms with Gasteiger partial charge >= 0.3 is 5.97 Å². The van der Waals surface area contributed by atoms with Crippen LogP contribution >= 0.6 is 0 Å². The lowest BCUT2D eigenvalue weighted by atomic mass is 10.1. The van der Waals surface area contributed by atoms with E-state index in [4.69, 9.17) is 4.74 Å². The van der Waals surface area contributed by atoms with Gasteiger partial charge in [-0.25, -0.2) is 4.79 Å². The first-order valence-electron chi connectivity index (χ1n) is 8.06. The average Bonchev–Trinajstić information content (AvgIpc) is 2.65. The van der Waals surface area contributed by atoms with Crippen molar-refractivity contribution >= 4 is 29.3 Å². The molecule has 0 saturated carbocycles. The van der Waals surface area contributed by atoms with Crippen molar-refractivity contribution in [3.8, 4) is 5.75 Å². The Bertz CT molecular complexity index is 941. The van der Waals surface area contributed by atoms with Crippen molar-refractivity contribution in [3.05, 3.63) is 64.2 Å². The standard InChI is InChI=1S/C18H15N3O6/c1-2-13(18(23)24)20-14-4-3-12(21(25)26)10-15(14)27-16(17(20)22)9-11-5-7-19-8-6-11/h3-10,13H,2H2,1H3,(H,23,24)/b16-9+. The lowest BCUT2D eigenvalue weighted by Crippen LogP contribution is -2.48. The van der Waals surface area contributed by atoms with Crippen LogP contribution in [-0.4, -0.2) is 32.9 Å². The molecule has 0 spiro atoms. The molecule has 1 atom stereocenters. The molecule has 9 heteroatoms. The van der Waals surface area contributed by atoms with E-state index in [0.29, 0.717) is 5.56 Å². The Morgan fingerprint density at radius 2 is 2.07 bits per heavy atom. The predicted octanol–water partition coefficient (Wildman–Crippen LogP) is 2.62. The van der Waals surface area contributed by atoms with Gasteiger partial charge in [0.05, 0.1) is 16.7 Å². The van der Waals surface area contributed by atoms with Gasteiger partial charge in [-0.05, 0) is 36.3 Å². The van der Waals surface area contributed by atoms with E-state index in [0.717, 1.165) is 4.90 Å². The first-order chi connectivity index (χ1) is 12.9. The number of rotatable bonds is 5. The first-order valence-corrected chi connectivity index (χ1v) is 8.06. The molecule has 1 aliphatic heterocycles. The highest BCUT2D eigenvalue weighted by molar-refractivity contribution is 6.12. The van der Waals surface area contributed by atoms with Crippen LogP contribution in [0.25, 0.3) is 6.08 Å². The van der Waals surface area contributed by atoms with Crippen molar-refractivity contribution in [3.63, 3.8) is 0 Å². The molecule has 138 valence electrons. The third-order valence-electron chi connectivity index (χ3n) is 4.05. The Morgan fingerprint density at radius 3 is 2.67 bits per heavy atom. The Kier molecular flexibility index (Phi) is 4.84. The second kappa shape index (κ2) is 7.24. The lowest BCUT2D eigenvalue weighted by Gasteiger charge is -2.34. The number of carboxylic acids is 1. The van der Waals surface area contributed by atoms with E-state index in [1.165, 1.54) is 36.7 Å². The second-order valence-electron chi connectivity index (χ2n) is 5.74. The summed E-state index contributed by atoms with van der Waals surface area (Å²) < 4.78 is 5.60. The third-order valence-corrected chi connectivity index (χ3v) is 4.05. The highest BCUT2D eigenvalue weighted by Crippen LogP contribution is 2.40. The van der Waals surface area contributed by atoms with E-state index >= 15 is 0 Å². The van der Waals surface area contributed by atoms with Gasteiger partial charge in [-0.2, -0.15) is 0 Å². The maximum absolute atomic E-state index is 12.9. The van der Waals surface area contributed by atoms with Gasteiger partial charge < -0.3 is 9.84 Å². The minimum Gasteiger partial charge on any atom is -0.480 e. The molecule has 9 nitrogen and oxygen atoms in total. The third kappa shape index (κ3) is 3.47. The van der Waals surface area contributed by atoms with Crippen LogP contribution in [0.5, 0.6) is 5.75 Å². The number of hydrogen-bond acceptors (Lipinski definition) is 6. The zero-order valence-corrected chi connectivity index (χ0v) is 14.2. The number of carboxylic acid groups (broad SMARTS) is 1. The van der Waals surface area contributed by atoms with Crippen LogP contribution in [0, 0.1) is 10.1 Å². The summed E-state index contributed by atoms with van der Waals surface area (Å²) >= 11 is 0. The quantitative estimate of drug-likeness (QED) is 0.488. The van der Waals surface area contributed by atoms with Gasteiger partial charge in [0.15, 0.2) is 11.5 Å². The van der Waals surface area contributed by atoms with Gasteiger partial charge in [0, 0.05) is 18.5 Å². The number of nitro benzene ring substituents is 1. The van der Waals surface area contributed by atoms with Crippen molar-refractivity contribution in [1.82, 2.24) is 4.98 Å². The summed E-state index contributed by atoms with van der Waals surface area (Å²) in [5, 5.41) is 20.6. The van der Waals surface area contributed by atoms with Gasteiger partial charge in [-0.15, -0.1) is 0 Å². The summed E-state index contributed by atoms with van der Waals surface area (Å²) in [5.41, 5.74) is 0.562. The van der Waals surface area contributed by atoms with Gasteiger partial charge in [0.2, 0.25) is 0 Å². The molecule has 0 bridgehead atoms. The zero-order chi connectivity index (χ0) is 19.6. The topological polar surface area (TPSA) is 123 Å². The molecule has 2 aromatic rings. The molecule has 2 heterocycles. The molecule has 1 unspecified atom stereocenters. The number of amides is 1. The number of nitrogens with zero attached hydrogens (tertiary/aromatic N) is 3. The summed E-state index contributed by atoms with van der Waals surface area (Å²) in [5.74, 6) is -1.90. The van der Waals surface area contributed by atoms with Crippen LogP contribution in [0.2, 0.25) is 0 Å². The summed E-state index contributed by atoms with van der Waals surface area (Å²) in [7, 11) is 0. The SMILES string of the molecule is CCC(C(=O)O)N1C(=O)/C(=C\c2ccncc2)Oc2cc([N+](=O)[O-])ccc21. The normalized spacial score (nSPS) is 15.8. The molecule has 27 heavy (non-hydrogen) atoms. The molecule has 0 radical (unpaired) electrons. The van der Waals surface area contributed by atoms with Crippen molar-refractivity contribution in [2.45, 2.75) is 19.4 Å². The van der Waals surface area contributed by atoms with Crippen LogP contribution in [0.3, 0.4) is 0 Å². The van der Waals surface area contributed by atoms with E-state index in [1.807, 2.05) is 0 Å². The molecule has 3 rings (SSSR count).